The normalized spacial score (nSPS) is 12.5. The Bertz CT molecular complexity index is 602. The topological polar surface area (TPSA) is 20.2 Å². The van der Waals surface area contributed by atoms with E-state index in [-0.39, 0.29) is 12.0 Å². The summed E-state index contributed by atoms with van der Waals surface area (Å²) in [5, 5.41) is 10.8. The van der Waals surface area contributed by atoms with Crippen molar-refractivity contribution in [3.05, 3.63) is 69.2 Å². The van der Waals surface area contributed by atoms with Gasteiger partial charge in [-0.05, 0) is 42.0 Å². The zero-order valence-electron chi connectivity index (χ0n) is 9.71. The average Bonchev–Trinajstić information content (AvgIpc) is 2.36. The van der Waals surface area contributed by atoms with Crippen molar-refractivity contribution in [2.45, 2.75) is 12.5 Å². The molecule has 0 aliphatic heterocycles. The van der Waals surface area contributed by atoms with Gasteiger partial charge in [0, 0.05) is 22.0 Å². The molecule has 0 saturated carbocycles. The molecular formula is C14H10Cl2F2O. The van der Waals surface area contributed by atoms with Crippen molar-refractivity contribution in [3.63, 3.8) is 0 Å². The van der Waals surface area contributed by atoms with Crippen LogP contribution in [0.3, 0.4) is 0 Å². The molecule has 0 fully saturated rings. The lowest BCUT2D eigenvalue weighted by atomic mass is 10.0. The van der Waals surface area contributed by atoms with E-state index in [1.54, 1.807) is 12.1 Å². The highest BCUT2D eigenvalue weighted by molar-refractivity contribution is 6.33. The summed E-state index contributed by atoms with van der Waals surface area (Å²) in [5.41, 5.74) is 0.473. The number of benzene rings is 2. The molecule has 1 unspecified atom stereocenters. The third kappa shape index (κ3) is 3.44. The number of aliphatic hydroxyl groups is 1. The number of hydrogen-bond acceptors (Lipinski definition) is 1. The minimum Gasteiger partial charge on any atom is -0.388 e. The minimum atomic E-state index is -1.05. The molecule has 0 aliphatic rings. The molecule has 19 heavy (non-hydrogen) atoms. The fraction of sp³-hybridized carbons (Fsp3) is 0.143. The average molecular weight is 303 g/mol. The molecule has 0 amide bonds. The highest BCUT2D eigenvalue weighted by atomic mass is 35.5. The molecule has 1 N–H and O–H groups in total. The maximum atomic E-state index is 13.5. The number of hydrogen-bond donors (Lipinski definition) is 1. The van der Waals surface area contributed by atoms with E-state index in [0.717, 1.165) is 18.2 Å². The molecule has 2 aromatic carbocycles. The molecule has 0 radical (unpaired) electrons. The summed E-state index contributed by atoms with van der Waals surface area (Å²) in [4.78, 5) is 0. The van der Waals surface area contributed by atoms with Crippen molar-refractivity contribution in [2.75, 3.05) is 0 Å². The Hall–Kier alpha value is -1.16. The van der Waals surface area contributed by atoms with Crippen molar-refractivity contribution in [2.24, 2.45) is 0 Å². The maximum Gasteiger partial charge on any atom is 0.126 e. The lowest BCUT2D eigenvalue weighted by molar-refractivity contribution is 0.177. The zero-order chi connectivity index (χ0) is 14.0. The third-order valence-electron chi connectivity index (χ3n) is 2.74. The maximum absolute atomic E-state index is 13.5. The van der Waals surface area contributed by atoms with Crippen LogP contribution in [-0.2, 0) is 6.42 Å². The Morgan fingerprint density at radius 3 is 2.53 bits per heavy atom. The summed E-state index contributed by atoms with van der Waals surface area (Å²) in [6, 6.07) is 7.74. The minimum absolute atomic E-state index is 0.0797. The van der Waals surface area contributed by atoms with E-state index in [1.165, 1.54) is 6.07 Å². The highest BCUT2D eigenvalue weighted by Gasteiger charge is 2.15. The molecule has 0 aromatic heterocycles. The molecule has 1 atom stereocenters. The zero-order valence-corrected chi connectivity index (χ0v) is 11.2. The van der Waals surface area contributed by atoms with Gasteiger partial charge >= 0.3 is 0 Å². The SMILES string of the molecule is OC(Cc1cc(F)ccc1F)c1cc(Cl)ccc1Cl. The predicted octanol–water partition coefficient (Wildman–Crippen LogP) is 4.55. The van der Waals surface area contributed by atoms with Crippen LogP contribution in [0.15, 0.2) is 36.4 Å². The lowest BCUT2D eigenvalue weighted by Gasteiger charge is -2.13. The molecule has 5 heteroatoms. The van der Waals surface area contributed by atoms with Crippen LogP contribution in [0.4, 0.5) is 8.78 Å². The van der Waals surface area contributed by atoms with E-state index in [2.05, 4.69) is 0 Å². The molecule has 2 rings (SSSR count). The van der Waals surface area contributed by atoms with Crippen LogP contribution in [0.2, 0.25) is 10.0 Å². The second-order valence-electron chi connectivity index (χ2n) is 4.12. The number of rotatable bonds is 3. The fourth-order valence-electron chi connectivity index (χ4n) is 1.79. The highest BCUT2D eigenvalue weighted by Crippen LogP contribution is 2.29. The number of halogens is 4. The van der Waals surface area contributed by atoms with Crippen molar-refractivity contribution in [1.82, 2.24) is 0 Å². The second-order valence-corrected chi connectivity index (χ2v) is 4.97. The van der Waals surface area contributed by atoms with Crippen molar-refractivity contribution in [3.8, 4) is 0 Å². The first kappa shape index (κ1) is 14.3. The van der Waals surface area contributed by atoms with E-state index in [9.17, 15) is 13.9 Å². The lowest BCUT2D eigenvalue weighted by Crippen LogP contribution is -2.05. The monoisotopic (exact) mass is 302 g/mol. The smallest absolute Gasteiger partial charge is 0.126 e. The van der Waals surface area contributed by atoms with Gasteiger partial charge in [0.05, 0.1) is 6.10 Å². The summed E-state index contributed by atoms with van der Waals surface area (Å²) in [7, 11) is 0. The van der Waals surface area contributed by atoms with Gasteiger partial charge in [-0.1, -0.05) is 23.2 Å². The van der Waals surface area contributed by atoms with Crippen LogP contribution in [0, 0.1) is 11.6 Å². The van der Waals surface area contributed by atoms with Gasteiger partial charge in [0.15, 0.2) is 0 Å². The van der Waals surface area contributed by atoms with Gasteiger partial charge in [0.25, 0.3) is 0 Å². The van der Waals surface area contributed by atoms with Crippen LogP contribution in [0.1, 0.15) is 17.2 Å². The second kappa shape index (κ2) is 5.87. The summed E-state index contributed by atoms with van der Waals surface area (Å²) in [6.07, 6.45) is -1.13. The first-order valence-electron chi connectivity index (χ1n) is 5.54. The van der Waals surface area contributed by atoms with Crippen LogP contribution in [-0.4, -0.2) is 5.11 Å². The van der Waals surface area contributed by atoms with E-state index in [1.807, 2.05) is 0 Å². The third-order valence-corrected chi connectivity index (χ3v) is 3.32. The molecule has 0 spiro atoms. The molecule has 1 nitrogen and oxygen atoms in total. The van der Waals surface area contributed by atoms with E-state index in [0.29, 0.717) is 15.6 Å². The molecular weight excluding hydrogens is 293 g/mol. The molecule has 0 heterocycles. The fourth-order valence-corrected chi connectivity index (χ4v) is 2.21. The molecule has 100 valence electrons. The van der Waals surface area contributed by atoms with Crippen LogP contribution in [0.5, 0.6) is 0 Å². The Labute approximate surface area is 119 Å². The van der Waals surface area contributed by atoms with E-state index >= 15 is 0 Å². The standard InChI is InChI=1S/C14H10Cl2F2O/c15-9-1-3-12(16)11(7-9)14(19)6-8-5-10(17)2-4-13(8)18/h1-5,7,14,19H,6H2. The van der Waals surface area contributed by atoms with Gasteiger partial charge in [-0.2, -0.15) is 0 Å². The van der Waals surface area contributed by atoms with Crippen molar-refractivity contribution < 1.29 is 13.9 Å². The summed E-state index contributed by atoms with van der Waals surface area (Å²) in [6.45, 7) is 0. The van der Waals surface area contributed by atoms with Crippen molar-refractivity contribution in [1.29, 1.82) is 0 Å². The Balaban J connectivity index is 2.27. The Morgan fingerprint density at radius 1 is 1.05 bits per heavy atom. The summed E-state index contributed by atoms with van der Waals surface area (Å²) < 4.78 is 26.5. The molecule has 2 aromatic rings. The van der Waals surface area contributed by atoms with Gasteiger partial charge in [0.1, 0.15) is 11.6 Å². The van der Waals surface area contributed by atoms with Gasteiger partial charge in [-0.25, -0.2) is 8.78 Å². The van der Waals surface area contributed by atoms with Gasteiger partial charge in [0.2, 0.25) is 0 Å². The first-order chi connectivity index (χ1) is 8.97. The van der Waals surface area contributed by atoms with Crippen LogP contribution in [0.25, 0.3) is 0 Å². The molecule has 0 bridgehead atoms. The van der Waals surface area contributed by atoms with Crippen LogP contribution < -0.4 is 0 Å². The van der Waals surface area contributed by atoms with Crippen LogP contribution >= 0.6 is 23.2 Å². The molecule has 0 saturated heterocycles. The summed E-state index contributed by atoms with van der Waals surface area (Å²) >= 11 is 11.8. The van der Waals surface area contributed by atoms with Gasteiger partial charge in [-0.3, -0.25) is 0 Å². The van der Waals surface area contributed by atoms with Gasteiger partial charge in [-0.15, -0.1) is 0 Å². The molecule has 0 aliphatic carbocycles. The van der Waals surface area contributed by atoms with E-state index in [4.69, 9.17) is 23.2 Å². The quantitative estimate of drug-likeness (QED) is 0.882. The Kier molecular flexibility index (Phi) is 4.40. The van der Waals surface area contributed by atoms with Crippen molar-refractivity contribution >= 4 is 23.2 Å². The summed E-state index contributed by atoms with van der Waals surface area (Å²) in [5.74, 6) is -1.13. The predicted molar refractivity (Wildman–Crippen MR) is 71.5 cm³/mol. The first-order valence-corrected chi connectivity index (χ1v) is 6.30. The number of aliphatic hydroxyl groups excluding tert-OH is 1. The van der Waals surface area contributed by atoms with Gasteiger partial charge < -0.3 is 5.11 Å². The largest absolute Gasteiger partial charge is 0.388 e. The van der Waals surface area contributed by atoms with E-state index < -0.39 is 17.7 Å². The Morgan fingerprint density at radius 2 is 1.79 bits per heavy atom.